The second kappa shape index (κ2) is 5.05. The van der Waals surface area contributed by atoms with Gasteiger partial charge in [-0.3, -0.25) is 4.79 Å². The fourth-order valence-electron chi connectivity index (χ4n) is 1.41. The Morgan fingerprint density at radius 3 is 2.19 bits per heavy atom. The first-order valence-electron chi connectivity index (χ1n) is 5.02. The molecule has 1 rings (SSSR count). The predicted octanol–water partition coefficient (Wildman–Crippen LogP) is 3.20. The van der Waals surface area contributed by atoms with Gasteiger partial charge in [0.05, 0.1) is 12.7 Å². The van der Waals surface area contributed by atoms with Gasteiger partial charge in [-0.05, 0) is 5.92 Å². The molecule has 0 aliphatic carbocycles. The number of hydrogen-bond donors (Lipinski definition) is 0. The number of carbonyl (C=O) groups excluding carboxylic acids is 1. The van der Waals surface area contributed by atoms with Crippen LogP contribution in [0, 0.1) is 17.6 Å². The summed E-state index contributed by atoms with van der Waals surface area (Å²) in [7, 11) is 1.31. The van der Waals surface area contributed by atoms with E-state index < -0.39 is 23.0 Å². The normalized spacial score (nSPS) is 10.6. The van der Waals surface area contributed by atoms with Crippen molar-refractivity contribution in [2.45, 2.75) is 20.3 Å². The minimum Gasteiger partial charge on any atom is -0.497 e. The quantitative estimate of drug-likeness (QED) is 0.740. The lowest BCUT2D eigenvalue weighted by atomic mass is 10.0. The number of methoxy groups -OCH3 is 1. The number of Topliss-reactive ketones (excluding diaryl/α,β-unsaturated/α-hetero) is 1. The highest BCUT2D eigenvalue weighted by Crippen LogP contribution is 2.22. The van der Waals surface area contributed by atoms with Crippen LogP contribution in [0.1, 0.15) is 30.6 Å². The summed E-state index contributed by atoms with van der Waals surface area (Å²) < 4.78 is 31.6. The molecule has 0 fully saturated rings. The van der Waals surface area contributed by atoms with Crippen LogP contribution in [-0.2, 0) is 0 Å². The zero-order valence-electron chi connectivity index (χ0n) is 9.51. The van der Waals surface area contributed by atoms with Crippen LogP contribution >= 0.6 is 0 Å². The Hall–Kier alpha value is -1.45. The zero-order valence-corrected chi connectivity index (χ0v) is 9.51. The summed E-state index contributed by atoms with van der Waals surface area (Å²) >= 11 is 0. The number of ketones is 1. The topological polar surface area (TPSA) is 26.3 Å². The van der Waals surface area contributed by atoms with E-state index in [2.05, 4.69) is 0 Å². The van der Waals surface area contributed by atoms with Crippen LogP contribution in [0.2, 0.25) is 0 Å². The van der Waals surface area contributed by atoms with Crippen LogP contribution in [0.4, 0.5) is 8.78 Å². The standard InChI is InChI=1S/C12H14F2O2/c1-7(2)4-11(15)12-9(13)5-8(16-3)6-10(12)14/h5-7H,4H2,1-3H3. The van der Waals surface area contributed by atoms with Crippen LogP contribution in [0.15, 0.2) is 12.1 Å². The first-order valence-corrected chi connectivity index (χ1v) is 5.02. The highest BCUT2D eigenvalue weighted by atomic mass is 19.1. The van der Waals surface area contributed by atoms with Crippen LogP contribution in [0.25, 0.3) is 0 Å². The van der Waals surface area contributed by atoms with E-state index in [4.69, 9.17) is 4.74 Å². The molecule has 0 radical (unpaired) electrons. The molecule has 0 saturated heterocycles. The lowest BCUT2D eigenvalue weighted by molar-refractivity contribution is 0.0959. The monoisotopic (exact) mass is 228 g/mol. The first kappa shape index (κ1) is 12.6. The summed E-state index contributed by atoms with van der Waals surface area (Å²) in [6, 6.07) is 2.02. The maximum absolute atomic E-state index is 13.5. The van der Waals surface area contributed by atoms with Crippen molar-refractivity contribution in [1.82, 2.24) is 0 Å². The summed E-state index contributed by atoms with van der Waals surface area (Å²) in [6.45, 7) is 3.63. The molecular weight excluding hydrogens is 214 g/mol. The average Bonchev–Trinajstić information content (AvgIpc) is 2.15. The molecule has 88 valence electrons. The number of hydrogen-bond acceptors (Lipinski definition) is 2. The van der Waals surface area contributed by atoms with Crippen LogP contribution in [0.5, 0.6) is 5.75 Å². The van der Waals surface area contributed by atoms with Gasteiger partial charge in [0.2, 0.25) is 0 Å². The van der Waals surface area contributed by atoms with Crippen molar-refractivity contribution < 1.29 is 18.3 Å². The smallest absolute Gasteiger partial charge is 0.169 e. The number of carbonyl (C=O) groups is 1. The number of rotatable bonds is 4. The molecule has 16 heavy (non-hydrogen) atoms. The molecule has 4 heteroatoms. The van der Waals surface area contributed by atoms with Crippen molar-refractivity contribution in [3.05, 3.63) is 29.3 Å². The zero-order chi connectivity index (χ0) is 12.3. The van der Waals surface area contributed by atoms with Gasteiger partial charge in [-0.15, -0.1) is 0 Å². The largest absolute Gasteiger partial charge is 0.497 e. The summed E-state index contributed by atoms with van der Waals surface area (Å²) in [5.41, 5.74) is -0.477. The van der Waals surface area contributed by atoms with E-state index in [0.717, 1.165) is 12.1 Å². The maximum atomic E-state index is 13.5. The van der Waals surface area contributed by atoms with Gasteiger partial charge in [0, 0.05) is 18.6 Å². The van der Waals surface area contributed by atoms with Gasteiger partial charge in [0.15, 0.2) is 5.78 Å². The minimum atomic E-state index is -0.873. The Bertz CT molecular complexity index is 377. The molecule has 0 atom stereocenters. The third kappa shape index (κ3) is 2.78. The van der Waals surface area contributed by atoms with Gasteiger partial charge in [-0.1, -0.05) is 13.8 Å². The van der Waals surface area contributed by atoms with Gasteiger partial charge in [0.1, 0.15) is 17.4 Å². The lowest BCUT2D eigenvalue weighted by Gasteiger charge is -2.08. The fourth-order valence-corrected chi connectivity index (χ4v) is 1.41. The van der Waals surface area contributed by atoms with E-state index in [0.29, 0.717) is 0 Å². The van der Waals surface area contributed by atoms with Gasteiger partial charge in [0.25, 0.3) is 0 Å². The molecule has 0 heterocycles. The van der Waals surface area contributed by atoms with Gasteiger partial charge in [-0.25, -0.2) is 8.78 Å². The van der Waals surface area contributed by atoms with Crippen molar-refractivity contribution >= 4 is 5.78 Å². The molecule has 1 aromatic rings. The average molecular weight is 228 g/mol. The molecule has 0 bridgehead atoms. The molecule has 1 aromatic carbocycles. The Labute approximate surface area is 93.2 Å². The Balaban J connectivity index is 3.09. The van der Waals surface area contributed by atoms with Crippen molar-refractivity contribution in [1.29, 1.82) is 0 Å². The summed E-state index contributed by atoms with van der Waals surface area (Å²) in [5.74, 6) is -2.14. The first-order chi connectivity index (χ1) is 7.45. The maximum Gasteiger partial charge on any atom is 0.169 e. The van der Waals surface area contributed by atoms with Crippen molar-refractivity contribution in [3.63, 3.8) is 0 Å². The van der Waals surface area contributed by atoms with Gasteiger partial charge in [-0.2, -0.15) is 0 Å². The molecule has 0 aliphatic rings. The van der Waals surface area contributed by atoms with E-state index >= 15 is 0 Å². The highest BCUT2D eigenvalue weighted by Gasteiger charge is 2.19. The van der Waals surface area contributed by atoms with Crippen LogP contribution < -0.4 is 4.74 Å². The van der Waals surface area contributed by atoms with Crippen molar-refractivity contribution in [2.75, 3.05) is 7.11 Å². The van der Waals surface area contributed by atoms with E-state index in [9.17, 15) is 13.6 Å². The SMILES string of the molecule is COc1cc(F)c(C(=O)CC(C)C)c(F)c1. The molecule has 0 aliphatic heterocycles. The Kier molecular flexibility index (Phi) is 3.99. The van der Waals surface area contributed by atoms with E-state index in [1.165, 1.54) is 7.11 Å². The molecule has 0 amide bonds. The molecule has 2 nitrogen and oxygen atoms in total. The van der Waals surface area contributed by atoms with E-state index in [-0.39, 0.29) is 18.1 Å². The molecule has 0 N–H and O–H groups in total. The summed E-state index contributed by atoms with van der Waals surface area (Å²) in [5, 5.41) is 0. The van der Waals surface area contributed by atoms with E-state index in [1.807, 2.05) is 13.8 Å². The minimum absolute atomic E-state index is 0.0633. The fraction of sp³-hybridized carbons (Fsp3) is 0.417. The highest BCUT2D eigenvalue weighted by molar-refractivity contribution is 5.96. The number of benzene rings is 1. The molecule has 0 saturated carbocycles. The van der Waals surface area contributed by atoms with E-state index in [1.54, 1.807) is 0 Å². The van der Waals surface area contributed by atoms with Crippen LogP contribution in [0.3, 0.4) is 0 Å². The number of halogens is 2. The van der Waals surface area contributed by atoms with Gasteiger partial charge < -0.3 is 4.74 Å². The number of ether oxygens (including phenoxy) is 1. The molecule has 0 spiro atoms. The molecule has 0 aromatic heterocycles. The molecular formula is C12H14F2O2. The predicted molar refractivity (Wildman–Crippen MR) is 56.7 cm³/mol. The summed E-state index contributed by atoms with van der Waals surface area (Å²) in [6.07, 6.45) is 0.125. The Morgan fingerprint density at radius 1 is 1.31 bits per heavy atom. The molecule has 0 unspecified atom stereocenters. The second-order valence-electron chi connectivity index (χ2n) is 3.99. The third-order valence-corrected chi connectivity index (χ3v) is 2.12. The van der Waals surface area contributed by atoms with Crippen LogP contribution in [-0.4, -0.2) is 12.9 Å². The summed E-state index contributed by atoms with van der Waals surface area (Å²) in [4.78, 5) is 11.6. The van der Waals surface area contributed by atoms with Gasteiger partial charge >= 0.3 is 0 Å². The van der Waals surface area contributed by atoms with Crippen molar-refractivity contribution in [3.8, 4) is 5.75 Å². The Morgan fingerprint density at radius 2 is 1.81 bits per heavy atom. The van der Waals surface area contributed by atoms with Crippen molar-refractivity contribution in [2.24, 2.45) is 5.92 Å². The second-order valence-corrected chi connectivity index (χ2v) is 3.99. The third-order valence-electron chi connectivity index (χ3n) is 2.12. The lowest BCUT2D eigenvalue weighted by Crippen LogP contribution is -2.09.